The predicted molar refractivity (Wildman–Crippen MR) is 156 cm³/mol. The second kappa shape index (κ2) is 12.0. The molecule has 2 aromatic carbocycles. The first-order valence-corrected chi connectivity index (χ1v) is 14.9. The SMILES string of the molecule is CC[C@]1(N)C[C@H](c2ncc(N3CCOCC3)c(Cc3cc(C(F)(F)F)cc(C(F)(F)F)c3)n2)c2cc3c(cc2N1C(=O)O)OCCO3. The van der Waals surface area contributed by atoms with Crippen LogP contribution in [0.5, 0.6) is 11.5 Å². The molecule has 0 aliphatic carbocycles. The van der Waals surface area contributed by atoms with Crippen molar-refractivity contribution in [2.45, 2.75) is 50.1 Å². The number of halogens is 6. The Bertz CT molecular complexity index is 1650. The number of anilines is 2. The number of hydrogen-bond acceptors (Lipinski definition) is 8. The van der Waals surface area contributed by atoms with E-state index in [1.165, 1.54) is 12.3 Å². The van der Waals surface area contributed by atoms with Crippen molar-refractivity contribution in [2.24, 2.45) is 5.73 Å². The molecule has 3 aromatic rings. The quantitative estimate of drug-likeness (QED) is 0.325. The van der Waals surface area contributed by atoms with Crippen molar-refractivity contribution in [2.75, 3.05) is 49.3 Å². The Morgan fingerprint density at radius 2 is 1.57 bits per heavy atom. The van der Waals surface area contributed by atoms with Gasteiger partial charge in [0, 0.05) is 31.5 Å². The van der Waals surface area contributed by atoms with Gasteiger partial charge in [0.25, 0.3) is 0 Å². The molecule has 2 atom stereocenters. The highest BCUT2D eigenvalue weighted by molar-refractivity contribution is 5.91. The number of nitrogens with zero attached hydrogens (tertiary/aromatic N) is 4. The third-order valence-electron chi connectivity index (χ3n) is 8.66. The van der Waals surface area contributed by atoms with Gasteiger partial charge in [0.2, 0.25) is 0 Å². The van der Waals surface area contributed by atoms with E-state index in [-0.39, 0.29) is 61.3 Å². The number of ether oxygens (including phenoxy) is 3. The highest BCUT2D eigenvalue weighted by Crippen LogP contribution is 2.50. The van der Waals surface area contributed by atoms with Crippen molar-refractivity contribution >= 4 is 17.5 Å². The lowest BCUT2D eigenvalue weighted by Gasteiger charge is -2.46. The van der Waals surface area contributed by atoms with E-state index in [0.717, 1.165) is 4.90 Å². The summed E-state index contributed by atoms with van der Waals surface area (Å²) in [6.45, 7) is 3.75. The number of alkyl halides is 6. The molecule has 1 saturated heterocycles. The van der Waals surface area contributed by atoms with E-state index in [1.807, 2.05) is 4.90 Å². The summed E-state index contributed by atoms with van der Waals surface area (Å²) in [6, 6.07) is 4.63. The minimum Gasteiger partial charge on any atom is -0.486 e. The molecule has 47 heavy (non-hydrogen) atoms. The van der Waals surface area contributed by atoms with Crippen LogP contribution in [0.1, 0.15) is 59.5 Å². The maximum atomic E-state index is 13.7. The number of aromatic nitrogens is 2. The minimum absolute atomic E-state index is 0.0283. The molecular formula is C31H31F6N5O5. The van der Waals surface area contributed by atoms with Crippen molar-refractivity contribution < 1.29 is 50.5 Å². The highest BCUT2D eigenvalue weighted by atomic mass is 19.4. The zero-order valence-corrected chi connectivity index (χ0v) is 25.1. The number of benzene rings is 2. The molecule has 1 amide bonds. The molecule has 4 heterocycles. The van der Waals surface area contributed by atoms with E-state index in [1.54, 1.807) is 13.0 Å². The first-order chi connectivity index (χ1) is 22.2. The van der Waals surface area contributed by atoms with Crippen LogP contribution in [0.25, 0.3) is 0 Å². The standard InChI is InChI=1S/C31H31F6N5O5/c1-2-29(38)15-21(20-13-25-26(47-8-7-46-25)14-23(20)42(29)28(43)44)27-39-16-24(41-3-5-45-6-4-41)22(40-27)11-17-9-18(30(32,33)34)12-19(10-17)31(35,36)37/h9-10,12-14,16,21H,2-8,11,15,38H2,1H3,(H,43,44)/t21-,29+/m0/s1. The summed E-state index contributed by atoms with van der Waals surface area (Å²) >= 11 is 0. The average molecular weight is 668 g/mol. The second-order valence-electron chi connectivity index (χ2n) is 11.6. The van der Waals surface area contributed by atoms with Gasteiger partial charge in [-0.05, 0) is 48.2 Å². The topological polar surface area (TPSA) is 123 Å². The van der Waals surface area contributed by atoms with Gasteiger partial charge in [-0.25, -0.2) is 14.8 Å². The van der Waals surface area contributed by atoms with E-state index in [2.05, 4.69) is 4.98 Å². The lowest BCUT2D eigenvalue weighted by atomic mass is 9.80. The summed E-state index contributed by atoms with van der Waals surface area (Å²) in [6.07, 6.45) is -9.98. The van der Waals surface area contributed by atoms with E-state index in [4.69, 9.17) is 24.9 Å². The Morgan fingerprint density at radius 1 is 0.957 bits per heavy atom. The van der Waals surface area contributed by atoms with Crippen LogP contribution in [-0.4, -0.2) is 66.3 Å². The van der Waals surface area contributed by atoms with Gasteiger partial charge in [-0.2, -0.15) is 26.3 Å². The molecular weight excluding hydrogens is 636 g/mol. The van der Waals surface area contributed by atoms with Gasteiger partial charge in [0.05, 0.1) is 47.6 Å². The number of carboxylic acid groups (broad SMARTS) is 1. The van der Waals surface area contributed by atoms with E-state index < -0.39 is 41.2 Å². The highest BCUT2D eigenvalue weighted by Gasteiger charge is 2.47. The Balaban J connectivity index is 1.50. The summed E-state index contributed by atoms with van der Waals surface area (Å²) in [5.74, 6) is 0.159. The third-order valence-corrected chi connectivity index (χ3v) is 8.66. The van der Waals surface area contributed by atoms with Crippen LogP contribution in [0.3, 0.4) is 0 Å². The molecule has 0 bridgehead atoms. The first-order valence-electron chi connectivity index (χ1n) is 14.9. The summed E-state index contributed by atoms with van der Waals surface area (Å²) < 4.78 is 99.2. The molecule has 3 N–H and O–H groups in total. The Labute approximate surface area is 265 Å². The maximum absolute atomic E-state index is 13.7. The Hall–Kier alpha value is -4.31. The fourth-order valence-electron chi connectivity index (χ4n) is 6.29. The van der Waals surface area contributed by atoms with E-state index >= 15 is 0 Å². The number of amides is 1. The van der Waals surface area contributed by atoms with Crippen LogP contribution in [0.15, 0.2) is 36.5 Å². The normalized spacial score (nSPS) is 21.4. The number of nitrogens with two attached hydrogens (primary N) is 1. The lowest BCUT2D eigenvalue weighted by Crippen LogP contribution is -2.61. The van der Waals surface area contributed by atoms with Crippen LogP contribution in [-0.2, 0) is 23.5 Å². The van der Waals surface area contributed by atoms with Crippen molar-refractivity contribution in [1.29, 1.82) is 0 Å². The number of rotatable bonds is 5. The molecule has 3 aliphatic heterocycles. The number of carbonyl (C=O) groups is 1. The zero-order valence-electron chi connectivity index (χ0n) is 25.1. The molecule has 1 fully saturated rings. The lowest BCUT2D eigenvalue weighted by molar-refractivity contribution is -0.143. The molecule has 1 aromatic heterocycles. The Morgan fingerprint density at radius 3 is 2.15 bits per heavy atom. The smallest absolute Gasteiger partial charge is 0.416 e. The molecule has 0 radical (unpaired) electrons. The average Bonchev–Trinajstić information content (AvgIpc) is 3.02. The second-order valence-corrected chi connectivity index (χ2v) is 11.6. The van der Waals surface area contributed by atoms with Gasteiger partial charge in [0.15, 0.2) is 11.5 Å². The number of hydrogen-bond donors (Lipinski definition) is 2. The van der Waals surface area contributed by atoms with Crippen molar-refractivity contribution in [1.82, 2.24) is 9.97 Å². The maximum Gasteiger partial charge on any atom is 0.416 e. The monoisotopic (exact) mass is 667 g/mol. The molecule has 3 aliphatic rings. The summed E-state index contributed by atoms with van der Waals surface area (Å²) in [5.41, 5.74) is 3.55. The van der Waals surface area contributed by atoms with Crippen LogP contribution in [0.2, 0.25) is 0 Å². The zero-order chi connectivity index (χ0) is 33.7. The van der Waals surface area contributed by atoms with Gasteiger partial charge in [-0.3, -0.25) is 4.90 Å². The molecule has 252 valence electrons. The fraction of sp³-hybridized carbons (Fsp3) is 0.452. The predicted octanol–water partition coefficient (Wildman–Crippen LogP) is 5.80. The molecule has 10 nitrogen and oxygen atoms in total. The van der Waals surface area contributed by atoms with E-state index in [0.29, 0.717) is 61.2 Å². The van der Waals surface area contributed by atoms with E-state index in [9.17, 15) is 36.2 Å². The van der Waals surface area contributed by atoms with Gasteiger partial charge < -0.3 is 30.0 Å². The largest absolute Gasteiger partial charge is 0.486 e. The van der Waals surface area contributed by atoms with Crippen LogP contribution < -0.4 is 25.0 Å². The number of fused-ring (bicyclic) bond motifs is 2. The van der Waals surface area contributed by atoms with Gasteiger partial charge in [0.1, 0.15) is 24.7 Å². The van der Waals surface area contributed by atoms with Gasteiger partial charge in [-0.15, -0.1) is 0 Å². The molecule has 0 saturated carbocycles. The molecule has 16 heteroatoms. The van der Waals surface area contributed by atoms with Gasteiger partial charge >= 0.3 is 18.4 Å². The fourth-order valence-corrected chi connectivity index (χ4v) is 6.29. The summed E-state index contributed by atoms with van der Waals surface area (Å²) in [4.78, 5) is 24.9. The van der Waals surface area contributed by atoms with Crippen molar-refractivity contribution in [3.8, 4) is 11.5 Å². The van der Waals surface area contributed by atoms with Crippen molar-refractivity contribution in [3.63, 3.8) is 0 Å². The van der Waals surface area contributed by atoms with Crippen molar-refractivity contribution in [3.05, 3.63) is 70.3 Å². The van der Waals surface area contributed by atoms with Gasteiger partial charge in [-0.1, -0.05) is 6.92 Å². The Kier molecular flexibility index (Phi) is 8.36. The van der Waals surface area contributed by atoms with Crippen LogP contribution >= 0.6 is 0 Å². The number of morpholine rings is 1. The van der Waals surface area contributed by atoms with Crippen LogP contribution in [0, 0.1) is 0 Å². The molecule has 6 rings (SSSR count). The van der Waals surface area contributed by atoms with Crippen LogP contribution in [0.4, 0.5) is 42.5 Å². The first kappa shape index (κ1) is 32.6. The molecule has 0 unspecified atom stereocenters. The molecule has 0 spiro atoms. The summed E-state index contributed by atoms with van der Waals surface area (Å²) in [7, 11) is 0. The third kappa shape index (κ3) is 6.35. The minimum atomic E-state index is -5.02. The summed E-state index contributed by atoms with van der Waals surface area (Å²) in [5, 5.41) is 10.2.